The molecule has 0 saturated heterocycles. The van der Waals surface area contributed by atoms with Crippen molar-refractivity contribution in [2.75, 3.05) is 0 Å². The Morgan fingerprint density at radius 1 is 0.868 bits per heavy atom. The molecule has 3 aromatic carbocycles. The molecule has 1 heterocycles. The Morgan fingerprint density at radius 2 is 1.55 bits per heavy atom. The lowest BCUT2D eigenvalue weighted by Gasteiger charge is -2.36. The second-order valence-electron chi connectivity index (χ2n) is 10.3. The van der Waals surface area contributed by atoms with Crippen molar-refractivity contribution in [1.82, 2.24) is 10.3 Å². The van der Waals surface area contributed by atoms with Gasteiger partial charge in [-0.25, -0.2) is 0 Å². The van der Waals surface area contributed by atoms with E-state index in [1.807, 2.05) is 44.2 Å². The summed E-state index contributed by atoms with van der Waals surface area (Å²) in [6.45, 7) is 6.16. The van der Waals surface area contributed by atoms with Gasteiger partial charge in [-0.1, -0.05) is 42.5 Å². The zero-order valence-electron chi connectivity index (χ0n) is 21.9. The Labute approximate surface area is 239 Å². The van der Waals surface area contributed by atoms with Crippen molar-refractivity contribution in [1.29, 1.82) is 10.5 Å². The minimum Gasteiger partial charge on any atom is -0.305 e. The van der Waals surface area contributed by atoms with Crippen LogP contribution in [0.3, 0.4) is 0 Å². The molecule has 0 aliphatic heterocycles. The molecule has 4 aromatic rings. The average molecular weight is 611 g/mol. The molecular weight excluding hydrogens is 579 g/mol. The fraction of sp³-hybridized carbons (Fsp3) is 0.242. The molecule has 0 spiro atoms. The van der Waals surface area contributed by atoms with E-state index in [0.29, 0.717) is 5.56 Å². The number of benzene rings is 3. The van der Waals surface area contributed by atoms with E-state index in [1.54, 1.807) is 12.4 Å². The second kappa shape index (κ2) is 12.3. The molecule has 0 bridgehead atoms. The summed E-state index contributed by atoms with van der Waals surface area (Å²) in [5, 5.41) is 23.6. The van der Waals surface area contributed by atoms with E-state index in [4.69, 9.17) is 0 Å². The van der Waals surface area contributed by atoms with Gasteiger partial charge in [0.25, 0.3) is 0 Å². The van der Waals surface area contributed by atoms with Crippen LogP contribution in [-0.2, 0) is 6.42 Å². The smallest absolute Gasteiger partial charge is 0.0991 e. The molecule has 0 aliphatic carbocycles. The molecule has 5 heteroatoms. The summed E-state index contributed by atoms with van der Waals surface area (Å²) in [7, 11) is 0. The average Bonchev–Trinajstić information content (AvgIpc) is 2.96. The van der Waals surface area contributed by atoms with Gasteiger partial charge in [0.2, 0.25) is 0 Å². The third-order valence-corrected chi connectivity index (χ3v) is 7.81. The number of nitrogens with zero attached hydrogens (tertiary/aromatic N) is 3. The van der Waals surface area contributed by atoms with Crippen LogP contribution in [0.2, 0.25) is 0 Å². The predicted octanol–water partition coefficient (Wildman–Crippen LogP) is 7.82. The number of hydrogen-bond acceptors (Lipinski definition) is 4. The van der Waals surface area contributed by atoms with E-state index >= 15 is 0 Å². The zero-order valence-corrected chi connectivity index (χ0v) is 24.1. The number of nitriles is 2. The molecule has 1 N–H and O–H groups in total. The fourth-order valence-corrected chi connectivity index (χ4v) is 5.26. The molecule has 1 unspecified atom stereocenters. The van der Waals surface area contributed by atoms with Crippen LogP contribution >= 0.6 is 22.6 Å². The van der Waals surface area contributed by atoms with Crippen LogP contribution in [0.15, 0.2) is 97.3 Å². The fourth-order valence-electron chi connectivity index (χ4n) is 4.90. The highest BCUT2D eigenvalue weighted by atomic mass is 127. The molecule has 1 aromatic heterocycles. The van der Waals surface area contributed by atoms with Crippen LogP contribution in [0.1, 0.15) is 55.0 Å². The van der Waals surface area contributed by atoms with Crippen LogP contribution in [0.4, 0.5) is 0 Å². The maximum Gasteiger partial charge on any atom is 0.0991 e. The monoisotopic (exact) mass is 610 g/mol. The first-order chi connectivity index (χ1) is 18.3. The molecule has 0 radical (unpaired) electrons. The highest BCUT2D eigenvalue weighted by Gasteiger charge is 2.34. The van der Waals surface area contributed by atoms with E-state index in [-0.39, 0.29) is 18.0 Å². The first-order valence-electron chi connectivity index (χ1n) is 12.7. The van der Waals surface area contributed by atoms with E-state index in [2.05, 4.69) is 107 Å². The van der Waals surface area contributed by atoms with Crippen molar-refractivity contribution < 1.29 is 0 Å². The van der Waals surface area contributed by atoms with E-state index in [9.17, 15) is 10.5 Å². The molecule has 38 heavy (non-hydrogen) atoms. The van der Waals surface area contributed by atoms with Crippen LogP contribution in [-0.4, -0.2) is 11.0 Å². The SMILES string of the molecule is C[C@H](NC(c1cccc(-c2ccncc2)c1)C(C)(C)C#N)[C@@H](Cc1ccc(I)cc1)c1cccc(C#N)c1. The van der Waals surface area contributed by atoms with Gasteiger partial charge in [-0.2, -0.15) is 10.5 Å². The first kappa shape index (κ1) is 27.5. The zero-order chi connectivity index (χ0) is 27.1. The van der Waals surface area contributed by atoms with Gasteiger partial charge in [0, 0.05) is 27.9 Å². The Balaban J connectivity index is 1.71. The maximum atomic E-state index is 10.2. The Hall–Kier alpha value is -3.52. The summed E-state index contributed by atoms with van der Waals surface area (Å²) in [6.07, 6.45) is 4.41. The first-order valence-corrected chi connectivity index (χ1v) is 13.8. The van der Waals surface area contributed by atoms with Crippen molar-refractivity contribution in [2.45, 2.75) is 45.2 Å². The lowest BCUT2D eigenvalue weighted by molar-refractivity contribution is 0.281. The topological polar surface area (TPSA) is 72.5 Å². The van der Waals surface area contributed by atoms with Crippen molar-refractivity contribution in [2.24, 2.45) is 5.41 Å². The van der Waals surface area contributed by atoms with Crippen LogP contribution < -0.4 is 5.32 Å². The standard InChI is InChI=1S/C33H31IN4/c1-23(31(19-24-10-12-30(34)13-11-24)28-8-4-6-25(18-28)21-35)38-32(33(2,3)22-36)29-9-5-7-27(20-29)26-14-16-37-17-15-26/h4-18,20,23,31-32,38H,19H2,1-3H3/t23-,31+,32?/m0/s1. The normalized spacial score (nSPS) is 13.6. The van der Waals surface area contributed by atoms with Gasteiger partial charge in [-0.15, -0.1) is 0 Å². The second-order valence-corrected chi connectivity index (χ2v) is 11.5. The number of pyridine rings is 1. The maximum absolute atomic E-state index is 10.2. The summed E-state index contributed by atoms with van der Waals surface area (Å²) in [5.74, 6) is 0.101. The van der Waals surface area contributed by atoms with Gasteiger partial charge in [0.1, 0.15) is 0 Å². The van der Waals surface area contributed by atoms with Gasteiger partial charge in [-0.05, 0) is 120 Å². The minimum absolute atomic E-state index is 0.0189. The summed E-state index contributed by atoms with van der Waals surface area (Å²) < 4.78 is 1.20. The molecule has 0 fully saturated rings. The Kier molecular flexibility index (Phi) is 8.94. The predicted molar refractivity (Wildman–Crippen MR) is 161 cm³/mol. The largest absolute Gasteiger partial charge is 0.305 e. The molecule has 3 atom stereocenters. The van der Waals surface area contributed by atoms with Crippen molar-refractivity contribution >= 4 is 22.6 Å². The number of hydrogen-bond donors (Lipinski definition) is 1. The number of nitrogens with one attached hydrogen (secondary N) is 1. The van der Waals surface area contributed by atoms with Crippen LogP contribution in [0, 0.1) is 31.6 Å². The van der Waals surface area contributed by atoms with Crippen molar-refractivity contribution in [3.8, 4) is 23.3 Å². The molecular formula is C33H31IN4. The minimum atomic E-state index is -0.660. The van der Waals surface area contributed by atoms with Crippen molar-refractivity contribution in [3.05, 3.63) is 123 Å². The molecule has 0 amide bonds. The van der Waals surface area contributed by atoms with E-state index in [0.717, 1.165) is 28.7 Å². The number of rotatable bonds is 9. The molecule has 0 aliphatic rings. The summed E-state index contributed by atoms with van der Waals surface area (Å²) in [5.41, 5.74) is 5.60. The van der Waals surface area contributed by atoms with Gasteiger partial charge >= 0.3 is 0 Å². The van der Waals surface area contributed by atoms with E-state index in [1.165, 1.54) is 9.13 Å². The highest BCUT2D eigenvalue weighted by Crippen LogP contribution is 2.37. The third-order valence-electron chi connectivity index (χ3n) is 7.09. The Morgan fingerprint density at radius 3 is 2.24 bits per heavy atom. The molecule has 4 nitrogen and oxygen atoms in total. The van der Waals surface area contributed by atoms with Gasteiger partial charge in [-0.3, -0.25) is 4.98 Å². The van der Waals surface area contributed by atoms with Gasteiger partial charge < -0.3 is 5.32 Å². The van der Waals surface area contributed by atoms with E-state index < -0.39 is 5.41 Å². The lowest BCUT2D eigenvalue weighted by atomic mass is 9.79. The summed E-state index contributed by atoms with van der Waals surface area (Å²) in [4.78, 5) is 4.14. The molecule has 190 valence electrons. The Bertz CT molecular complexity index is 1450. The highest BCUT2D eigenvalue weighted by molar-refractivity contribution is 14.1. The van der Waals surface area contributed by atoms with Crippen LogP contribution in [0.25, 0.3) is 11.1 Å². The summed E-state index contributed by atoms with van der Waals surface area (Å²) >= 11 is 2.32. The van der Waals surface area contributed by atoms with Gasteiger partial charge in [0.15, 0.2) is 0 Å². The molecule has 0 saturated carbocycles. The van der Waals surface area contributed by atoms with Crippen LogP contribution in [0.5, 0.6) is 0 Å². The quantitative estimate of drug-likeness (QED) is 0.196. The third kappa shape index (κ3) is 6.67. The van der Waals surface area contributed by atoms with Crippen molar-refractivity contribution in [3.63, 3.8) is 0 Å². The summed E-state index contributed by atoms with van der Waals surface area (Å²) in [6, 6.07) is 33.5. The number of halogens is 1. The molecule has 4 rings (SSSR count). The lowest BCUT2D eigenvalue weighted by Crippen LogP contribution is -2.42. The van der Waals surface area contributed by atoms with Gasteiger partial charge in [0.05, 0.1) is 29.2 Å². The number of aromatic nitrogens is 1.